The van der Waals surface area contributed by atoms with Gasteiger partial charge < -0.3 is 20.4 Å². The molecule has 156 valence electrons. The van der Waals surface area contributed by atoms with E-state index in [-0.39, 0.29) is 11.5 Å². The SMILES string of the molecule is CC(c1ccccc1)(c1ccc(O)c(C2CCCCC2)c1)c1ccc(O)c(O)c1O. The Labute approximate surface area is 177 Å². The molecule has 4 nitrogen and oxygen atoms in total. The highest BCUT2D eigenvalue weighted by Gasteiger charge is 2.36. The standard InChI is InChI=1S/C26H28O4/c1-26(18-10-6-3-7-11-18,21-13-15-23(28)25(30)24(21)29)19-12-14-22(27)20(16-19)17-8-4-2-5-9-17/h3,6-7,10-17,27-30H,2,4-5,8-9H2,1H3. The van der Waals surface area contributed by atoms with E-state index in [4.69, 9.17) is 0 Å². The monoisotopic (exact) mass is 404 g/mol. The fourth-order valence-corrected chi connectivity index (χ4v) is 4.83. The van der Waals surface area contributed by atoms with Crippen molar-refractivity contribution in [1.29, 1.82) is 0 Å². The van der Waals surface area contributed by atoms with E-state index in [0.717, 1.165) is 42.4 Å². The number of hydrogen-bond donors (Lipinski definition) is 4. The predicted octanol–water partition coefficient (Wildman–Crippen LogP) is 5.91. The summed E-state index contributed by atoms with van der Waals surface area (Å²) in [5, 5.41) is 41.4. The summed E-state index contributed by atoms with van der Waals surface area (Å²) in [5.41, 5.74) is 2.48. The van der Waals surface area contributed by atoms with Crippen LogP contribution in [0.15, 0.2) is 60.7 Å². The zero-order valence-electron chi connectivity index (χ0n) is 17.2. The molecule has 0 aromatic heterocycles. The first-order chi connectivity index (χ1) is 14.4. The highest BCUT2D eigenvalue weighted by Crippen LogP contribution is 2.49. The molecule has 1 fully saturated rings. The predicted molar refractivity (Wildman–Crippen MR) is 117 cm³/mol. The van der Waals surface area contributed by atoms with Gasteiger partial charge in [-0.25, -0.2) is 0 Å². The second-order valence-electron chi connectivity index (χ2n) is 8.43. The molecule has 1 aliphatic carbocycles. The van der Waals surface area contributed by atoms with Crippen molar-refractivity contribution in [2.45, 2.75) is 50.4 Å². The molecule has 0 spiro atoms. The van der Waals surface area contributed by atoms with Gasteiger partial charge in [0.1, 0.15) is 5.75 Å². The summed E-state index contributed by atoms with van der Waals surface area (Å²) in [5.74, 6) is -0.603. The number of phenols is 4. The van der Waals surface area contributed by atoms with E-state index in [1.165, 1.54) is 12.5 Å². The number of aromatic hydroxyl groups is 4. The molecule has 0 saturated heterocycles. The van der Waals surface area contributed by atoms with Crippen LogP contribution in [0.2, 0.25) is 0 Å². The minimum Gasteiger partial charge on any atom is -0.508 e. The molecular formula is C26H28O4. The van der Waals surface area contributed by atoms with Crippen LogP contribution in [-0.4, -0.2) is 20.4 Å². The van der Waals surface area contributed by atoms with Crippen molar-refractivity contribution in [3.63, 3.8) is 0 Å². The Hall–Kier alpha value is -3.14. The molecule has 4 rings (SSSR count). The highest BCUT2D eigenvalue weighted by molar-refractivity contribution is 5.62. The molecule has 30 heavy (non-hydrogen) atoms. The normalized spacial score (nSPS) is 16.8. The van der Waals surface area contributed by atoms with E-state index in [9.17, 15) is 20.4 Å². The van der Waals surface area contributed by atoms with Crippen molar-refractivity contribution in [1.82, 2.24) is 0 Å². The van der Waals surface area contributed by atoms with Crippen molar-refractivity contribution in [3.8, 4) is 23.0 Å². The fourth-order valence-electron chi connectivity index (χ4n) is 4.83. The van der Waals surface area contributed by atoms with E-state index in [0.29, 0.717) is 17.2 Å². The van der Waals surface area contributed by atoms with Gasteiger partial charge in [0.15, 0.2) is 11.5 Å². The van der Waals surface area contributed by atoms with Crippen LogP contribution >= 0.6 is 0 Å². The van der Waals surface area contributed by atoms with Gasteiger partial charge in [-0.2, -0.15) is 0 Å². The fraction of sp³-hybridized carbons (Fsp3) is 0.308. The van der Waals surface area contributed by atoms with Crippen molar-refractivity contribution >= 4 is 0 Å². The van der Waals surface area contributed by atoms with Gasteiger partial charge in [0, 0.05) is 11.0 Å². The Morgan fingerprint density at radius 2 is 1.37 bits per heavy atom. The largest absolute Gasteiger partial charge is 0.508 e. The Balaban J connectivity index is 1.93. The van der Waals surface area contributed by atoms with Crippen molar-refractivity contribution in [3.05, 3.63) is 82.9 Å². The highest BCUT2D eigenvalue weighted by atomic mass is 16.3. The molecule has 3 aromatic carbocycles. The number of phenolic OH excluding ortho intramolecular Hbond substituents is 4. The lowest BCUT2D eigenvalue weighted by Crippen LogP contribution is -2.26. The molecule has 1 aliphatic rings. The molecule has 1 atom stereocenters. The van der Waals surface area contributed by atoms with E-state index >= 15 is 0 Å². The lowest BCUT2D eigenvalue weighted by molar-refractivity contribution is 0.361. The first-order valence-electron chi connectivity index (χ1n) is 10.6. The molecule has 0 bridgehead atoms. The average Bonchev–Trinajstić information content (AvgIpc) is 2.78. The van der Waals surface area contributed by atoms with Gasteiger partial charge >= 0.3 is 0 Å². The molecule has 0 heterocycles. The van der Waals surface area contributed by atoms with Crippen LogP contribution in [0.5, 0.6) is 23.0 Å². The first kappa shape index (κ1) is 20.1. The van der Waals surface area contributed by atoms with Gasteiger partial charge in [-0.05, 0) is 54.5 Å². The number of benzene rings is 3. The molecule has 1 unspecified atom stereocenters. The van der Waals surface area contributed by atoms with Crippen LogP contribution < -0.4 is 0 Å². The Bertz CT molecular complexity index is 1040. The maximum atomic E-state index is 10.7. The molecule has 4 heteroatoms. The van der Waals surface area contributed by atoms with E-state index in [2.05, 4.69) is 0 Å². The van der Waals surface area contributed by atoms with Crippen LogP contribution in [0, 0.1) is 0 Å². The lowest BCUT2D eigenvalue weighted by Gasteiger charge is -2.34. The molecular weight excluding hydrogens is 376 g/mol. The third-order valence-electron chi connectivity index (χ3n) is 6.67. The quantitative estimate of drug-likeness (QED) is 0.322. The maximum absolute atomic E-state index is 10.7. The van der Waals surface area contributed by atoms with Crippen molar-refractivity contribution in [2.24, 2.45) is 0 Å². The van der Waals surface area contributed by atoms with Crippen LogP contribution in [0.25, 0.3) is 0 Å². The summed E-state index contributed by atoms with van der Waals surface area (Å²) < 4.78 is 0. The minimum absolute atomic E-state index is 0.304. The Morgan fingerprint density at radius 1 is 0.700 bits per heavy atom. The summed E-state index contributed by atoms with van der Waals surface area (Å²) in [6.45, 7) is 1.99. The third kappa shape index (κ3) is 3.36. The van der Waals surface area contributed by atoms with Gasteiger partial charge in [0.2, 0.25) is 5.75 Å². The van der Waals surface area contributed by atoms with E-state index in [1.807, 2.05) is 49.4 Å². The van der Waals surface area contributed by atoms with Crippen molar-refractivity contribution < 1.29 is 20.4 Å². The summed E-state index contributed by atoms with van der Waals surface area (Å²) in [6, 6.07) is 18.5. The summed E-state index contributed by atoms with van der Waals surface area (Å²) >= 11 is 0. The average molecular weight is 405 g/mol. The van der Waals surface area contributed by atoms with Gasteiger partial charge in [-0.15, -0.1) is 0 Å². The van der Waals surface area contributed by atoms with Crippen LogP contribution in [-0.2, 0) is 5.41 Å². The summed E-state index contributed by atoms with van der Waals surface area (Å²) in [7, 11) is 0. The first-order valence-corrected chi connectivity index (χ1v) is 10.6. The lowest BCUT2D eigenvalue weighted by atomic mass is 9.69. The van der Waals surface area contributed by atoms with Crippen molar-refractivity contribution in [2.75, 3.05) is 0 Å². The smallest absolute Gasteiger partial charge is 0.200 e. The summed E-state index contributed by atoms with van der Waals surface area (Å²) in [6.07, 6.45) is 5.68. The topological polar surface area (TPSA) is 80.9 Å². The summed E-state index contributed by atoms with van der Waals surface area (Å²) in [4.78, 5) is 0. The van der Waals surface area contributed by atoms with Gasteiger partial charge in [0.05, 0.1) is 0 Å². The molecule has 3 aromatic rings. The number of rotatable bonds is 4. The zero-order valence-corrected chi connectivity index (χ0v) is 17.2. The van der Waals surface area contributed by atoms with Crippen LogP contribution in [0.1, 0.15) is 67.2 Å². The number of hydrogen-bond acceptors (Lipinski definition) is 4. The molecule has 4 N–H and O–H groups in total. The molecule has 0 aliphatic heterocycles. The zero-order chi connectivity index (χ0) is 21.3. The Kier molecular flexibility index (Phi) is 5.33. The second kappa shape index (κ2) is 7.94. The Morgan fingerprint density at radius 3 is 2.07 bits per heavy atom. The molecule has 0 radical (unpaired) electrons. The van der Waals surface area contributed by atoms with E-state index < -0.39 is 11.2 Å². The molecule has 1 saturated carbocycles. The third-order valence-corrected chi connectivity index (χ3v) is 6.67. The van der Waals surface area contributed by atoms with Gasteiger partial charge in [0.25, 0.3) is 0 Å². The molecule has 0 amide bonds. The maximum Gasteiger partial charge on any atom is 0.200 e. The second-order valence-corrected chi connectivity index (χ2v) is 8.43. The van der Waals surface area contributed by atoms with Crippen LogP contribution in [0.4, 0.5) is 0 Å². The minimum atomic E-state index is -0.798. The van der Waals surface area contributed by atoms with Crippen LogP contribution in [0.3, 0.4) is 0 Å². The van der Waals surface area contributed by atoms with E-state index in [1.54, 1.807) is 12.1 Å². The van der Waals surface area contributed by atoms with Gasteiger partial charge in [-0.3, -0.25) is 0 Å². The van der Waals surface area contributed by atoms with Gasteiger partial charge in [-0.1, -0.05) is 67.8 Å².